The molecule has 3 atom stereocenters. The number of nitrogens with one attached hydrogen (secondary N) is 1. The second-order valence-corrected chi connectivity index (χ2v) is 13.7. The second kappa shape index (κ2) is 10.3. The molecule has 0 bridgehead atoms. The summed E-state index contributed by atoms with van der Waals surface area (Å²) >= 11 is 0. The van der Waals surface area contributed by atoms with Crippen molar-refractivity contribution < 1.29 is 14.7 Å². The summed E-state index contributed by atoms with van der Waals surface area (Å²) in [5.41, 5.74) is 5.31. The number of anilines is 1. The van der Waals surface area contributed by atoms with Gasteiger partial charge in [-0.15, -0.1) is 15.0 Å². The molecule has 226 valence electrons. The normalized spacial score (nSPS) is 25.2. The van der Waals surface area contributed by atoms with Gasteiger partial charge < -0.3 is 20.2 Å². The molecule has 11 nitrogen and oxygen atoms in total. The van der Waals surface area contributed by atoms with Crippen LogP contribution in [0.1, 0.15) is 90.0 Å². The minimum atomic E-state index is -0.992. The van der Waals surface area contributed by atoms with E-state index in [2.05, 4.69) is 77.4 Å². The molecule has 3 unspecified atom stereocenters. The van der Waals surface area contributed by atoms with E-state index in [1.54, 1.807) is 9.85 Å². The van der Waals surface area contributed by atoms with Gasteiger partial charge >= 0.3 is 5.97 Å². The summed E-state index contributed by atoms with van der Waals surface area (Å²) in [6.45, 7) is 23.5. The van der Waals surface area contributed by atoms with Crippen LogP contribution in [0.5, 0.6) is 0 Å². The van der Waals surface area contributed by atoms with Crippen LogP contribution in [0.2, 0.25) is 0 Å². The van der Waals surface area contributed by atoms with Crippen molar-refractivity contribution in [2.75, 3.05) is 31.6 Å². The number of hydroxylamine groups is 2. The van der Waals surface area contributed by atoms with Crippen molar-refractivity contribution in [3.05, 3.63) is 47.2 Å². The first-order valence-corrected chi connectivity index (χ1v) is 14.6. The van der Waals surface area contributed by atoms with Crippen molar-refractivity contribution in [2.45, 2.75) is 85.2 Å². The Hall–Kier alpha value is -3.57. The molecule has 11 heteroatoms. The van der Waals surface area contributed by atoms with Crippen LogP contribution in [0.25, 0.3) is 0 Å². The Balaban J connectivity index is 1.52. The predicted octanol–water partition coefficient (Wildman–Crippen LogP) is 4.73. The molecule has 2 aromatic rings. The van der Waals surface area contributed by atoms with Crippen LogP contribution in [0, 0.1) is 12.3 Å². The standard InChI is InChI=1S/C31H44N8O3/c1-18-13-23-21(19(2)16-30(7,8)37(23)12-11-32-10)15-22(18)33-25-26(29(4,5)6)35-39-27(25)34-28(36-39)31(9)17-38(31)42-20(3)14-24(40)41/h13,15,19,32H,3,11-12,14,16-17H2,1-2,4-10H3,(H,40,41). The number of rotatable bonds is 9. The molecule has 0 amide bonds. The van der Waals surface area contributed by atoms with Crippen molar-refractivity contribution in [2.24, 2.45) is 15.5 Å². The Labute approximate surface area is 248 Å². The van der Waals surface area contributed by atoms with Gasteiger partial charge in [-0.1, -0.05) is 34.3 Å². The Morgan fingerprint density at radius 3 is 2.64 bits per heavy atom. The topological polar surface area (TPSA) is 120 Å². The maximum atomic E-state index is 11.0. The Kier molecular flexibility index (Phi) is 7.34. The highest BCUT2D eigenvalue weighted by Crippen LogP contribution is 2.46. The third-order valence-electron chi connectivity index (χ3n) is 8.42. The van der Waals surface area contributed by atoms with E-state index in [1.165, 1.54) is 11.3 Å². The summed E-state index contributed by atoms with van der Waals surface area (Å²) in [5, 5.41) is 23.5. The first-order valence-electron chi connectivity index (χ1n) is 14.6. The molecule has 4 heterocycles. The SMILES string of the molecule is C=C(CC(=O)O)ON1CC1(C)c1nc2n(n1)N=C(C(C)(C)C)C2=Nc1cc2c(cc1C)N(CCNC)C(C)(C)CC2C. The van der Waals surface area contributed by atoms with Crippen LogP contribution in [-0.2, 0) is 15.2 Å². The number of likely N-dealkylation sites (N-methyl/N-ethyl adjacent to an activating group) is 1. The summed E-state index contributed by atoms with van der Waals surface area (Å²) in [4.78, 5) is 30.9. The molecule has 1 aromatic heterocycles. The van der Waals surface area contributed by atoms with E-state index in [0.717, 1.165) is 36.5 Å². The Bertz CT molecular complexity index is 1500. The molecule has 0 radical (unpaired) electrons. The number of aliphatic imine (C=N–C) groups is 1. The zero-order valence-electron chi connectivity index (χ0n) is 26.4. The average molecular weight is 577 g/mol. The molecule has 0 aliphatic carbocycles. The predicted molar refractivity (Wildman–Crippen MR) is 165 cm³/mol. The van der Waals surface area contributed by atoms with Gasteiger partial charge in [-0.3, -0.25) is 4.79 Å². The summed E-state index contributed by atoms with van der Waals surface area (Å²) < 4.78 is 0. The zero-order chi connectivity index (χ0) is 30.8. The van der Waals surface area contributed by atoms with Gasteiger partial charge in [-0.2, -0.15) is 5.10 Å². The van der Waals surface area contributed by atoms with Crippen LogP contribution < -0.4 is 10.2 Å². The van der Waals surface area contributed by atoms with Crippen molar-refractivity contribution in [3.63, 3.8) is 0 Å². The first-order chi connectivity index (χ1) is 19.5. The number of fused-ring (bicyclic) bond motifs is 2. The van der Waals surface area contributed by atoms with Gasteiger partial charge in [0.05, 0.1) is 17.9 Å². The molecule has 3 aliphatic rings. The summed E-state index contributed by atoms with van der Waals surface area (Å²) in [6, 6.07) is 4.53. The number of carbonyl (C=O) groups is 1. The fourth-order valence-electron chi connectivity index (χ4n) is 6.03. The van der Waals surface area contributed by atoms with E-state index in [0.29, 0.717) is 29.8 Å². The number of aryl methyl sites for hydroxylation is 1. The van der Waals surface area contributed by atoms with Crippen LogP contribution in [0.4, 0.5) is 11.4 Å². The van der Waals surface area contributed by atoms with Crippen LogP contribution in [0.3, 0.4) is 0 Å². The van der Waals surface area contributed by atoms with Crippen LogP contribution in [0.15, 0.2) is 34.6 Å². The molecule has 1 aromatic carbocycles. The zero-order valence-corrected chi connectivity index (χ0v) is 26.4. The maximum Gasteiger partial charge on any atom is 0.311 e. The van der Waals surface area contributed by atoms with Gasteiger partial charge in [0.2, 0.25) is 5.82 Å². The molecule has 2 N–H and O–H groups in total. The van der Waals surface area contributed by atoms with E-state index < -0.39 is 11.5 Å². The number of carboxylic acids is 1. The van der Waals surface area contributed by atoms with Crippen molar-refractivity contribution >= 4 is 28.8 Å². The van der Waals surface area contributed by atoms with Gasteiger partial charge in [0.15, 0.2) is 5.82 Å². The van der Waals surface area contributed by atoms with Crippen molar-refractivity contribution in [1.29, 1.82) is 0 Å². The molecule has 1 saturated heterocycles. The molecule has 0 saturated carbocycles. The van der Waals surface area contributed by atoms with Gasteiger partial charge in [0.1, 0.15) is 23.4 Å². The molecule has 1 fully saturated rings. The number of hydrogen-bond donors (Lipinski definition) is 2. The lowest BCUT2D eigenvalue weighted by molar-refractivity contribution is -0.138. The van der Waals surface area contributed by atoms with E-state index in [-0.39, 0.29) is 23.1 Å². The fourth-order valence-corrected chi connectivity index (χ4v) is 6.03. The average Bonchev–Trinajstić information content (AvgIpc) is 3.18. The monoisotopic (exact) mass is 576 g/mol. The van der Waals surface area contributed by atoms with Gasteiger partial charge in [-0.25, -0.2) is 9.98 Å². The highest BCUT2D eigenvalue weighted by molar-refractivity contribution is 6.50. The number of aromatic nitrogens is 3. The Morgan fingerprint density at radius 2 is 2.00 bits per heavy atom. The number of hydrogen-bond acceptors (Lipinski definition) is 9. The van der Waals surface area contributed by atoms with Gasteiger partial charge in [-0.05, 0) is 70.3 Å². The maximum absolute atomic E-state index is 11.0. The van der Waals surface area contributed by atoms with E-state index in [4.69, 9.17) is 30.1 Å². The number of aliphatic carboxylic acids is 1. The van der Waals surface area contributed by atoms with Crippen LogP contribution in [-0.4, -0.2) is 74.7 Å². The third-order valence-corrected chi connectivity index (χ3v) is 8.42. The highest BCUT2D eigenvalue weighted by atomic mass is 16.7. The van der Waals surface area contributed by atoms with E-state index in [9.17, 15) is 4.79 Å². The lowest BCUT2D eigenvalue weighted by Crippen LogP contribution is -2.50. The largest absolute Gasteiger partial charge is 0.481 e. The lowest BCUT2D eigenvalue weighted by Gasteiger charge is -2.48. The Morgan fingerprint density at radius 1 is 1.29 bits per heavy atom. The van der Waals surface area contributed by atoms with Crippen molar-refractivity contribution in [1.82, 2.24) is 25.3 Å². The first kappa shape index (κ1) is 29.9. The van der Waals surface area contributed by atoms with Crippen LogP contribution >= 0.6 is 0 Å². The molecule has 5 rings (SSSR count). The van der Waals surface area contributed by atoms with Gasteiger partial charge in [0, 0.05) is 29.7 Å². The third kappa shape index (κ3) is 5.35. The van der Waals surface area contributed by atoms with Crippen molar-refractivity contribution in [3.8, 4) is 0 Å². The summed E-state index contributed by atoms with van der Waals surface area (Å²) in [7, 11) is 2.00. The molecule has 3 aliphatic heterocycles. The highest BCUT2D eigenvalue weighted by Gasteiger charge is 2.56. The quantitative estimate of drug-likeness (QED) is 0.325. The van der Waals surface area contributed by atoms with E-state index >= 15 is 0 Å². The molecular formula is C31H44N8O3. The second-order valence-electron chi connectivity index (χ2n) is 13.7. The lowest BCUT2D eigenvalue weighted by atomic mass is 9.79. The summed E-state index contributed by atoms with van der Waals surface area (Å²) in [5.74, 6) is 0.705. The smallest absolute Gasteiger partial charge is 0.311 e. The molecular weight excluding hydrogens is 532 g/mol. The minimum absolute atomic E-state index is 0.0595. The number of carboxylic acid groups (broad SMARTS) is 1. The molecule has 0 spiro atoms. The fraction of sp³-hybridized carbons (Fsp3) is 0.581. The van der Waals surface area contributed by atoms with Gasteiger partial charge in [0.25, 0.3) is 0 Å². The number of nitrogens with zero attached hydrogens (tertiary/aromatic N) is 7. The minimum Gasteiger partial charge on any atom is -0.481 e. The summed E-state index contributed by atoms with van der Waals surface area (Å²) in [6.07, 6.45) is 0.796. The van der Waals surface area contributed by atoms with E-state index in [1.807, 2.05) is 14.0 Å². The molecule has 42 heavy (non-hydrogen) atoms. The number of benzene rings is 1.